The fourth-order valence-corrected chi connectivity index (χ4v) is 1.62. The molecule has 1 aliphatic heterocycles. The van der Waals surface area contributed by atoms with E-state index in [1.54, 1.807) is 20.8 Å². The van der Waals surface area contributed by atoms with E-state index in [9.17, 15) is 14.3 Å². The van der Waals surface area contributed by atoms with Crippen molar-refractivity contribution in [3.63, 3.8) is 0 Å². The Labute approximate surface area is 98.4 Å². The van der Waals surface area contributed by atoms with Crippen molar-refractivity contribution in [3.05, 3.63) is 23.5 Å². The van der Waals surface area contributed by atoms with Crippen LogP contribution in [0.1, 0.15) is 26.3 Å². The number of carbonyl (C=O) groups is 1. The summed E-state index contributed by atoms with van der Waals surface area (Å²) in [6, 6.07) is 2.73. The van der Waals surface area contributed by atoms with Crippen LogP contribution in [0.5, 0.6) is 5.75 Å². The maximum absolute atomic E-state index is 13.8. The molecule has 17 heavy (non-hydrogen) atoms. The summed E-state index contributed by atoms with van der Waals surface area (Å²) in [5.41, 5.74) is -0.540. The van der Waals surface area contributed by atoms with Crippen LogP contribution in [0.25, 0.3) is 0 Å². The number of nitrogens with one attached hydrogen (secondary N) is 1. The highest BCUT2D eigenvalue weighted by Gasteiger charge is 2.29. The van der Waals surface area contributed by atoms with Crippen molar-refractivity contribution in [2.24, 2.45) is 0 Å². The summed E-state index contributed by atoms with van der Waals surface area (Å²) in [4.78, 5) is 11.4. The van der Waals surface area contributed by atoms with Gasteiger partial charge in [0.2, 0.25) is 0 Å². The zero-order valence-corrected chi connectivity index (χ0v) is 9.87. The molecule has 0 spiro atoms. The molecule has 1 aromatic carbocycles. The monoisotopic (exact) mass is 239 g/mol. The number of hydrogen-bond donors (Lipinski definition) is 2. The van der Waals surface area contributed by atoms with Gasteiger partial charge in [-0.15, -0.1) is 0 Å². The Morgan fingerprint density at radius 3 is 2.71 bits per heavy atom. The van der Waals surface area contributed by atoms with Crippen molar-refractivity contribution >= 4 is 11.6 Å². The van der Waals surface area contributed by atoms with Crippen LogP contribution in [0.2, 0.25) is 0 Å². The van der Waals surface area contributed by atoms with Crippen molar-refractivity contribution < 1.29 is 19.0 Å². The van der Waals surface area contributed by atoms with Gasteiger partial charge in [0, 0.05) is 0 Å². The number of rotatable bonds is 1. The van der Waals surface area contributed by atoms with E-state index in [2.05, 4.69) is 5.32 Å². The van der Waals surface area contributed by atoms with Gasteiger partial charge in [-0.3, -0.25) is 4.79 Å². The van der Waals surface area contributed by atoms with E-state index < -0.39 is 17.5 Å². The first-order valence-electron chi connectivity index (χ1n) is 5.33. The minimum Gasteiger partial charge on any atom is -0.476 e. The summed E-state index contributed by atoms with van der Waals surface area (Å²) in [7, 11) is 0. The standard InChI is InChI=1S/C12H14FNO3/c1-6-11(15)14-9-5-7(12(2,3)16)4-8(13)10(9)17-6/h4-6,16H,1-3H3,(H,14,15)/t6-/m0/s1. The molecule has 0 saturated heterocycles. The molecule has 1 amide bonds. The van der Waals surface area contributed by atoms with Gasteiger partial charge in [-0.1, -0.05) is 0 Å². The number of aliphatic hydroxyl groups is 1. The normalized spacial score (nSPS) is 19.4. The molecule has 5 heteroatoms. The Morgan fingerprint density at radius 1 is 1.47 bits per heavy atom. The number of ether oxygens (including phenoxy) is 1. The molecule has 0 radical (unpaired) electrons. The molecule has 2 rings (SSSR count). The number of halogens is 1. The summed E-state index contributed by atoms with van der Waals surface area (Å²) in [6.45, 7) is 4.63. The van der Waals surface area contributed by atoms with E-state index in [1.165, 1.54) is 12.1 Å². The lowest BCUT2D eigenvalue weighted by Gasteiger charge is -2.26. The molecule has 1 atom stereocenters. The number of carbonyl (C=O) groups excluding carboxylic acids is 1. The van der Waals surface area contributed by atoms with Crippen molar-refractivity contribution in [2.75, 3.05) is 5.32 Å². The molecule has 0 fully saturated rings. The minimum absolute atomic E-state index is 0.0186. The summed E-state index contributed by atoms with van der Waals surface area (Å²) < 4.78 is 18.9. The summed E-state index contributed by atoms with van der Waals surface area (Å²) in [5, 5.41) is 12.4. The molecule has 1 aliphatic rings. The molecule has 0 unspecified atom stereocenters. The maximum atomic E-state index is 13.8. The molecule has 0 saturated carbocycles. The van der Waals surface area contributed by atoms with E-state index in [-0.39, 0.29) is 17.3 Å². The Hall–Kier alpha value is -1.62. The summed E-state index contributed by atoms with van der Waals surface area (Å²) in [6.07, 6.45) is -0.718. The van der Waals surface area contributed by atoms with E-state index in [0.717, 1.165) is 0 Å². The third-order valence-corrected chi connectivity index (χ3v) is 2.67. The third-order valence-electron chi connectivity index (χ3n) is 2.67. The lowest BCUT2D eigenvalue weighted by atomic mass is 9.97. The van der Waals surface area contributed by atoms with E-state index in [4.69, 9.17) is 4.74 Å². The molecule has 0 bridgehead atoms. The van der Waals surface area contributed by atoms with Gasteiger partial charge in [-0.2, -0.15) is 0 Å². The van der Waals surface area contributed by atoms with Crippen LogP contribution in [-0.2, 0) is 10.4 Å². The first kappa shape index (κ1) is 11.9. The molecular weight excluding hydrogens is 225 g/mol. The third kappa shape index (κ3) is 2.10. The predicted octanol–water partition coefficient (Wildman–Crippen LogP) is 1.77. The summed E-state index contributed by atoms with van der Waals surface area (Å²) in [5.74, 6) is -0.902. The number of amides is 1. The average Bonchev–Trinajstić information content (AvgIpc) is 2.19. The molecule has 2 N–H and O–H groups in total. The molecule has 1 aromatic rings. The smallest absolute Gasteiger partial charge is 0.265 e. The van der Waals surface area contributed by atoms with Gasteiger partial charge in [-0.25, -0.2) is 4.39 Å². The Kier molecular flexibility index (Phi) is 2.58. The van der Waals surface area contributed by atoms with Gasteiger partial charge in [0.25, 0.3) is 5.91 Å². The van der Waals surface area contributed by atoms with Crippen molar-refractivity contribution in [3.8, 4) is 5.75 Å². The number of hydrogen-bond acceptors (Lipinski definition) is 3. The SMILES string of the molecule is C[C@@H]1Oc2c(F)cc(C(C)(C)O)cc2NC1=O. The van der Waals surface area contributed by atoms with Crippen LogP contribution >= 0.6 is 0 Å². The average molecular weight is 239 g/mol. The van der Waals surface area contributed by atoms with Crippen molar-refractivity contribution in [1.82, 2.24) is 0 Å². The molecule has 92 valence electrons. The lowest BCUT2D eigenvalue weighted by Crippen LogP contribution is -2.35. The molecule has 0 aromatic heterocycles. The second-order valence-electron chi connectivity index (χ2n) is 4.64. The zero-order valence-electron chi connectivity index (χ0n) is 9.87. The second-order valence-corrected chi connectivity index (χ2v) is 4.64. The fourth-order valence-electron chi connectivity index (χ4n) is 1.62. The van der Waals surface area contributed by atoms with Gasteiger partial charge >= 0.3 is 0 Å². The van der Waals surface area contributed by atoms with Crippen LogP contribution in [0.3, 0.4) is 0 Å². The van der Waals surface area contributed by atoms with E-state index in [1.807, 2.05) is 0 Å². The van der Waals surface area contributed by atoms with Crippen LogP contribution in [0.15, 0.2) is 12.1 Å². The maximum Gasteiger partial charge on any atom is 0.265 e. The van der Waals surface area contributed by atoms with Crippen LogP contribution in [-0.4, -0.2) is 17.1 Å². The highest BCUT2D eigenvalue weighted by atomic mass is 19.1. The molecular formula is C12H14FNO3. The Balaban J connectivity index is 2.52. The van der Waals surface area contributed by atoms with E-state index >= 15 is 0 Å². The number of fused-ring (bicyclic) bond motifs is 1. The minimum atomic E-state index is -1.18. The topological polar surface area (TPSA) is 58.6 Å². The number of anilines is 1. The first-order chi connectivity index (χ1) is 7.79. The fraction of sp³-hybridized carbons (Fsp3) is 0.417. The van der Waals surface area contributed by atoms with Crippen LogP contribution in [0.4, 0.5) is 10.1 Å². The first-order valence-corrected chi connectivity index (χ1v) is 5.33. The van der Waals surface area contributed by atoms with Gasteiger partial charge in [0.05, 0.1) is 11.3 Å². The molecule has 4 nitrogen and oxygen atoms in total. The molecule has 1 heterocycles. The zero-order chi connectivity index (χ0) is 12.8. The van der Waals surface area contributed by atoms with Gasteiger partial charge in [0.1, 0.15) is 0 Å². The molecule has 0 aliphatic carbocycles. The van der Waals surface area contributed by atoms with Gasteiger partial charge < -0.3 is 15.2 Å². The Morgan fingerprint density at radius 2 is 2.12 bits per heavy atom. The predicted molar refractivity (Wildman–Crippen MR) is 60.4 cm³/mol. The second kappa shape index (κ2) is 3.70. The van der Waals surface area contributed by atoms with Crippen LogP contribution < -0.4 is 10.1 Å². The van der Waals surface area contributed by atoms with Crippen LogP contribution in [0, 0.1) is 5.82 Å². The van der Waals surface area contributed by atoms with Gasteiger partial charge in [0.15, 0.2) is 17.7 Å². The van der Waals surface area contributed by atoms with Crippen molar-refractivity contribution in [1.29, 1.82) is 0 Å². The van der Waals surface area contributed by atoms with Gasteiger partial charge in [-0.05, 0) is 38.5 Å². The van der Waals surface area contributed by atoms with E-state index in [0.29, 0.717) is 5.56 Å². The Bertz CT molecular complexity index is 479. The largest absolute Gasteiger partial charge is 0.476 e. The highest BCUT2D eigenvalue weighted by Crippen LogP contribution is 2.36. The summed E-state index contributed by atoms with van der Waals surface area (Å²) >= 11 is 0. The van der Waals surface area contributed by atoms with Crippen molar-refractivity contribution in [2.45, 2.75) is 32.5 Å². The lowest BCUT2D eigenvalue weighted by molar-refractivity contribution is -0.122. The highest BCUT2D eigenvalue weighted by molar-refractivity contribution is 5.97. The quantitative estimate of drug-likeness (QED) is 0.785. The number of benzene rings is 1.